The summed E-state index contributed by atoms with van der Waals surface area (Å²) in [5.41, 5.74) is 0.0577. The highest BCUT2D eigenvalue weighted by Gasteiger charge is 2.48. The van der Waals surface area contributed by atoms with Gasteiger partial charge >= 0.3 is 6.03 Å². The molecule has 10 heteroatoms. The fraction of sp³-hybridized carbons (Fsp3) is 0.381. The summed E-state index contributed by atoms with van der Waals surface area (Å²) in [5.74, 6) is -2.71. The Balaban J connectivity index is 1.58. The smallest absolute Gasteiger partial charge is 0.323 e. The molecule has 7 nitrogen and oxygen atoms in total. The van der Waals surface area contributed by atoms with Crippen LogP contribution in [0.15, 0.2) is 30.5 Å². The number of carbonyl (C=O) groups excluding carboxylic acids is 2. The number of nitrogens with zero attached hydrogens (tertiary/aromatic N) is 2. The Morgan fingerprint density at radius 3 is 2.71 bits per heavy atom. The second-order valence-electron chi connectivity index (χ2n) is 7.66. The Morgan fingerprint density at radius 1 is 1.26 bits per heavy atom. The second-order valence-corrected chi connectivity index (χ2v) is 7.66. The molecule has 1 atom stereocenters. The lowest BCUT2D eigenvalue weighted by Gasteiger charge is -2.49. The van der Waals surface area contributed by atoms with Crippen LogP contribution in [0.4, 0.5) is 23.7 Å². The summed E-state index contributed by atoms with van der Waals surface area (Å²) in [7, 11) is 0. The van der Waals surface area contributed by atoms with E-state index < -0.39 is 41.0 Å². The van der Waals surface area contributed by atoms with Gasteiger partial charge in [-0.25, -0.2) is 18.0 Å². The maximum absolute atomic E-state index is 14.0. The molecule has 2 aliphatic rings. The van der Waals surface area contributed by atoms with Gasteiger partial charge in [-0.15, -0.1) is 0 Å². The molecule has 3 heterocycles. The zero-order valence-corrected chi connectivity index (χ0v) is 16.8. The number of amides is 3. The van der Waals surface area contributed by atoms with Crippen molar-refractivity contribution in [2.24, 2.45) is 0 Å². The molecule has 2 aliphatic heterocycles. The molecule has 0 radical (unpaired) electrons. The monoisotopic (exact) mass is 434 g/mol. The zero-order chi connectivity index (χ0) is 22.2. The van der Waals surface area contributed by atoms with Gasteiger partial charge in [-0.3, -0.25) is 9.78 Å². The van der Waals surface area contributed by atoms with Gasteiger partial charge in [-0.2, -0.15) is 0 Å². The second kappa shape index (κ2) is 8.18. The molecule has 0 unspecified atom stereocenters. The quantitative estimate of drug-likeness (QED) is 0.774. The first-order valence-electron chi connectivity index (χ1n) is 9.87. The molecule has 3 amide bonds. The van der Waals surface area contributed by atoms with Crippen LogP contribution < -0.4 is 10.6 Å². The summed E-state index contributed by atoms with van der Waals surface area (Å²) >= 11 is 0. The number of ether oxygens (including phenoxy) is 1. The Kier molecular flexibility index (Phi) is 5.57. The third-order valence-corrected chi connectivity index (χ3v) is 5.73. The number of aromatic nitrogens is 1. The van der Waals surface area contributed by atoms with E-state index >= 15 is 0 Å². The van der Waals surface area contributed by atoms with E-state index in [1.165, 1.54) is 30.0 Å². The van der Waals surface area contributed by atoms with Crippen LogP contribution in [0.3, 0.4) is 0 Å². The van der Waals surface area contributed by atoms with Gasteiger partial charge in [0.25, 0.3) is 0 Å². The maximum Gasteiger partial charge on any atom is 0.323 e. The van der Waals surface area contributed by atoms with Crippen molar-refractivity contribution in [3.8, 4) is 0 Å². The Bertz CT molecular complexity index is 1030. The van der Waals surface area contributed by atoms with Crippen molar-refractivity contribution in [1.82, 2.24) is 15.2 Å². The van der Waals surface area contributed by atoms with Gasteiger partial charge in [0.1, 0.15) is 24.0 Å². The Labute approximate surface area is 176 Å². The fourth-order valence-electron chi connectivity index (χ4n) is 4.25. The van der Waals surface area contributed by atoms with Crippen LogP contribution in [-0.4, -0.2) is 41.6 Å². The average Bonchev–Trinajstić information content (AvgIpc) is 2.72. The highest BCUT2D eigenvalue weighted by atomic mass is 19.1. The molecule has 2 N–H and O–H groups in total. The van der Waals surface area contributed by atoms with Gasteiger partial charge in [-0.1, -0.05) is 0 Å². The molecule has 0 bridgehead atoms. The minimum absolute atomic E-state index is 0.119. The number of hydrogen-bond donors (Lipinski definition) is 2. The summed E-state index contributed by atoms with van der Waals surface area (Å²) in [6.07, 6.45) is 1.66. The van der Waals surface area contributed by atoms with Gasteiger partial charge in [0, 0.05) is 30.5 Å². The van der Waals surface area contributed by atoms with E-state index in [1.807, 2.05) is 0 Å². The van der Waals surface area contributed by atoms with Gasteiger partial charge in [0.2, 0.25) is 5.91 Å². The summed E-state index contributed by atoms with van der Waals surface area (Å²) in [5, 5.41) is 5.29. The molecule has 4 rings (SSSR count). The standard InChI is InChI=1S/C21H21F3N4O3/c1-12(19-16(24)9-14(23)10-25-19)26-18(29)11-28-20(30)27-17-3-2-13(22)8-15(17)21(28)4-6-31-7-5-21/h2-3,8-10,12H,4-7,11H2,1H3,(H,26,29)(H,27,30)/t12-/m1/s1. The van der Waals surface area contributed by atoms with Crippen molar-refractivity contribution in [3.05, 3.63) is 59.2 Å². The van der Waals surface area contributed by atoms with Gasteiger partial charge in [0.15, 0.2) is 0 Å². The topological polar surface area (TPSA) is 83.6 Å². The van der Waals surface area contributed by atoms with Crippen LogP contribution in [0.2, 0.25) is 0 Å². The Hall–Kier alpha value is -3.14. The van der Waals surface area contributed by atoms with Gasteiger partial charge < -0.3 is 20.3 Å². The minimum atomic E-state index is -0.905. The van der Waals surface area contributed by atoms with E-state index in [-0.39, 0.29) is 12.2 Å². The molecule has 1 aromatic heterocycles. The van der Waals surface area contributed by atoms with Crippen LogP contribution in [-0.2, 0) is 15.1 Å². The molecule has 0 aliphatic carbocycles. The number of urea groups is 1. The molecular weight excluding hydrogens is 413 g/mol. The average molecular weight is 434 g/mol. The van der Waals surface area contributed by atoms with Crippen LogP contribution in [0.5, 0.6) is 0 Å². The van der Waals surface area contributed by atoms with E-state index in [4.69, 9.17) is 4.74 Å². The first-order valence-corrected chi connectivity index (χ1v) is 9.87. The van der Waals surface area contributed by atoms with Crippen molar-refractivity contribution in [3.63, 3.8) is 0 Å². The molecule has 31 heavy (non-hydrogen) atoms. The SMILES string of the molecule is C[C@@H](NC(=O)CN1C(=O)Nc2ccc(F)cc2C12CCOCC2)c1ncc(F)cc1F. The fourth-order valence-corrected chi connectivity index (χ4v) is 4.25. The van der Waals surface area contributed by atoms with E-state index in [2.05, 4.69) is 15.6 Å². The largest absolute Gasteiger partial charge is 0.381 e. The van der Waals surface area contributed by atoms with Crippen molar-refractivity contribution in [2.75, 3.05) is 25.1 Å². The number of benzene rings is 1. The summed E-state index contributed by atoms with van der Waals surface area (Å²) in [4.78, 5) is 30.7. The third-order valence-electron chi connectivity index (χ3n) is 5.73. The number of nitrogens with one attached hydrogen (secondary N) is 2. The molecule has 1 spiro atoms. The number of fused-ring (bicyclic) bond motifs is 2. The van der Waals surface area contributed by atoms with Gasteiger partial charge in [-0.05, 0) is 38.0 Å². The van der Waals surface area contributed by atoms with E-state index in [0.29, 0.717) is 43.4 Å². The molecule has 0 saturated carbocycles. The lowest BCUT2D eigenvalue weighted by molar-refractivity contribution is -0.124. The van der Waals surface area contributed by atoms with Crippen LogP contribution >= 0.6 is 0 Å². The predicted molar refractivity (Wildman–Crippen MR) is 105 cm³/mol. The normalized spacial score (nSPS) is 18.3. The Morgan fingerprint density at radius 2 is 2.00 bits per heavy atom. The molecule has 2 aromatic rings. The number of anilines is 1. The lowest BCUT2D eigenvalue weighted by atomic mass is 9.78. The first kappa shape index (κ1) is 21.1. The number of halogens is 3. The predicted octanol–water partition coefficient (Wildman–Crippen LogP) is 3.23. The van der Waals surface area contributed by atoms with Crippen LogP contribution in [0.1, 0.15) is 37.1 Å². The first-order chi connectivity index (χ1) is 14.8. The van der Waals surface area contributed by atoms with Crippen molar-refractivity contribution >= 4 is 17.6 Å². The number of rotatable bonds is 4. The van der Waals surface area contributed by atoms with Crippen molar-refractivity contribution in [1.29, 1.82) is 0 Å². The lowest BCUT2D eigenvalue weighted by Crippen LogP contribution is -2.59. The third kappa shape index (κ3) is 3.95. The number of carbonyl (C=O) groups is 2. The molecule has 1 aromatic carbocycles. The number of pyridine rings is 1. The molecule has 1 saturated heterocycles. The van der Waals surface area contributed by atoms with Crippen LogP contribution in [0.25, 0.3) is 0 Å². The van der Waals surface area contributed by atoms with E-state index in [9.17, 15) is 22.8 Å². The van der Waals surface area contributed by atoms with Gasteiger partial charge in [0.05, 0.1) is 23.5 Å². The maximum atomic E-state index is 14.0. The van der Waals surface area contributed by atoms with E-state index in [0.717, 1.165) is 6.20 Å². The van der Waals surface area contributed by atoms with E-state index in [1.54, 1.807) is 0 Å². The van der Waals surface area contributed by atoms with Crippen LogP contribution in [0, 0.1) is 17.5 Å². The highest BCUT2D eigenvalue weighted by molar-refractivity contribution is 5.96. The summed E-state index contributed by atoms with van der Waals surface area (Å²) in [6, 6.07) is 3.48. The number of hydrogen-bond acceptors (Lipinski definition) is 4. The summed E-state index contributed by atoms with van der Waals surface area (Å²) < 4.78 is 46.6. The van der Waals surface area contributed by atoms with Crippen molar-refractivity contribution < 1.29 is 27.5 Å². The highest BCUT2D eigenvalue weighted by Crippen LogP contribution is 2.45. The van der Waals surface area contributed by atoms with Crippen molar-refractivity contribution in [2.45, 2.75) is 31.3 Å². The molecular formula is C21H21F3N4O3. The molecule has 164 valence electrons. The summed E-state index contributed by atoms with van der Waals surface area (Å²) in [6.45, 7) is 1.87. The zero-order valence-electron chi connectivity index (χ0n) is 16.8. The minimum Gasteiger partial charge on any atom is -0.381 e. The molecule has 1 fully saturated rings.